The zero-order valence-corrected chi connectivity index (χ0v) is 15.3. The highest BCUT2D eigenvalue weighted by atomic mass is 127. The van der Waals surface area contributed by atoms with Crippen molar-refractivity contribution in [1.82, 2.24) is 25.2 Å². The molecule has 0 bridgehead atoms. The van der Waals surface area contributed by atoms with Crippen LogP contribution >= 0.6 is 24.0 Å². The molecular formula is C14H23IN6O. The highest BCUT2D eigenvalue weighted by Crippen LogP contribution is 2.02. The molecule has 0 saturated carbocycles. The Labute approximate surface area is 147 Å². The van der Waals surface area contributed by atoms with Gasteiger partial charge in [-0.3, -0.25) is 9.39 Å². The first-order valence-electron chi connectivity index (χ1n) is 7.07. The lowest BCUT2D eigenvalue weighted by atomic mass is 10.4. The van der Waals surface area contributed by atoms with Crippen LogP contribution in [0.25, 0.3) is 5.65 Å². The molecule has 0 aliphatic rings. The second-order valence-corrected chi connectivity index (χ2v) is 4.57. The summed E-state index contributed by atoms with van der Waals surface area (Å²) in [5.74, 6) is 1.73. The first-order valence-corrected chi connectivity index (χ1v) is 7.07. The van der Waals surface area contributed by atoms with E-state index < -0.39 is 0 Å². The van der Waals surface area contributed by atoms with Gasteiger partial charge in [0.25, 0.3) is 0 Å². The van der Waals surface area contributed by atoms with E-state index >= 15 is 0 Å². The Morgan fingerprint density at radius 2 is 2.09 bits per heavy atom. The topological polar surface area (TPSA) is 75.8 Å². The van der Waals surface area contributed by atoms with Crippen molar-refractivity contribution in [2.24, 2.45) is 4.99 Å². The Morgan fingerprint density at radius 1 is 1.27 bits per heavy atom. The van der Waals surface area contributed by atoms with Gasteiger partial charge < -0.3 is 15.4 Å². The molecular weight excluding hydrogens is 395 g/mol. The van der Waals surface area contributed by atoms with Crippen LogP contribution in [0, 0.1) is 0 Å². The normalized spacial score (nSPS) is 11.3. The summed E-state index contributed by atoms with van der Waals surface area (Å²) in [6.07, 6.45) is 3.71. The van der Waals surface area contributed by atoms with Crippen molar-refractivity contribution < 1.29 is 4.74 Å². The Balaban J connectivity index is 0.00000242. The van der Waals surface area contributed by atoms with Crippen molar-refractivity contribution in [3.63, 3.8) is 0 Å². The number of rotatable bonds is 7. The quantitative estimate of drug-likeness (QED) is 0.305. The molecule has 0 spiro atoms. The van der Waals surface area contributed by atoms with Crippen molar-refractivity contribution in [1.29, 1.82) is 0 Å². The lowest BCUT2D eigenvalue weighted by molar-refractivity contribution is 0.195. The molecule has 2 heterocycles. The van der Waals surface area contributed by atoms with E-state index in [1.807, 2.05) is 28.8 Å². The Bertz CT molecular complexity index is 585. The minimum atomic E-state index is 0. The van der Waals surface area contributed by atoms with E-state index in [-0.39, 0.29) is 24.0 Å². The highest BCUT2D eigenvalue weighted by molar-refractivity contribution is 14.0. The minimum absolute atomic E-state index is 0. The van der Waals surface area contributed by atoms with E-state index in [9.17, 15) is 0 Å². The largest absolute Gasteiger partial charge is 0.385 e. The summed E-state index contributed by atoms with van der Waals surface area (Å²) in [4.78, 5) is 4.18. The lowest BCUT2D eigenvalue weighted by Gasteiger charge is -2.11. The molecule has 0 aromatic carbocycles. The number of ether oxygens (including phenoxy) is 1. The molecule has 0 radical (unpaired) electrons. The fourth-order valence-corrected chi connectivity index (χ4v) is 2.00. The number of pyridine rings is 1. The van der Waals surface area contributed by atoms with Crippen LogP contribution in [-0.4, -0.2) is 54.4 Å². The molecule has 22 heavy (non-hydrogen) atoms. The van der Waals surface area contributed by atoms with Gasteiger partial charge in [0.05, 0.1) is 0 Å². The predicted octanol–water partition coefficient (Wildman–Crippen LogP) is 1.09. The molecule has 0 aliphatic carbocycles. The van der Waals surface area contributed by atoms with Crippen LogP contribution in [0.2, 0.25) is 0 Å². The molecule has 2 rings (SSSR count). The second kappa shape index (κ2) is 10.3. The van der Waals surface area contributed by atoms with Crippen molar-refractivity contribution >= 4 is 35.6 Å². The van der Waals surface area contributed by atoms with E-state index in [1.54, 1.807) is 14.2 Å². The van der Waals surface area contributed by atoms with Crippen molar-refractivity contribution in [3.05, 3.63) is 30.2 Å². The molecule has 122 valence electrons. The Morgan fingerprint density at radius 3 is 2.86 bits per heavy atom. The number of hydrogen-bond donors (Lipinski definition) is 2. The van der Waals surface area contributed by atoms with Crippen molar-refractivity contribution in [2.45, 2.75) is 12.8 Å². The maximum atomic E-state index is 5.01. The van der Waals surface area contributed by atoms with Gasteiger partial charge in [-0.05, 0) is 18.6 Å². The molecule has 2 N–H and O–H groups in total. The summed E-state index contributed by atoms with van der Waals surface area (Å²) in [6.45, 7) is 2.33. The van der Waals surface area contributed by atoms with Crippen LogP contribution in [0.3, 0.4) is 0 Å². The van der Waals surface area contributed by atoms with Crippen molar-refractivity contribution in [3.8, 4) is 0 Å². The fraction of sp³-hybridized carbons (Fsp3) is 0.500. The number of aromatic nitrogens is 3. The monoisotopic (exact) mass is 418 g/mol. The number of halogens is 1. The molecule has 2 aromatic heterocycles. The van der Waals surface area contributed by atoms with Gasteiger partial charge in [0.2, 0.25) is 0 Å². The van der Waals surface area contributed by atoms with Crippen LogP contribution < -0.4 is 10.6 Å². The average molecular weight is 418 g/mol. The first kappa shape index (κ1) is 18.6. The highest BCUT2D eigenvalue weighted by Gasteiger charge is 2.04. The summed E-state index contributed by atoms with van der Waals surface area (Å²) in [6, 6.07) is 5.88. The van der Waals surface area contributed by atoms with E-state index in [0.717, 1.165) is 50.0 Å². The molecule has 7 nitrogen and oxygen atoms in total. The SMILES string of the molecule is CN=C(NCCCOC)NCCc1nnc2ccccn12.I. The number of aliphatic imine (C=N–C) groups is 1. The van der Waals surface area contributed by atoms with Gasteiger partial charge in [0, 0.05) is 46.5 Å². The maximum Gasteiger partial charge on any atom is 0.190 e. The van der Waals surface area contributed by atoms with Gasteiger partial charge in [0.15, 0.2) is 11.6 Å². The van der Waals surface area contributed by atoms with Gasteiger partial charge in [-0.15, -0.1) is 34.2 Å². The average Bonchev–Trinajstić information content (AvgIpc) is 2.93. The summed E-state index contributed by atoms with van der Waals surface area (Å²) < 4.78 is 7.01. The zero-order chi connectivity index (χ0) is 14.9. The van der Waals surface area contributed by atoms with Crippen LogP contribution in [0.15, 0.2) is 29.4 Å². The smallest absolute Gasteiger partial charge is 0.190 e. The first-order chi connectivity index (χ1) is 10.3. The molecule has 0 aliphatic heterocycles. The molecule has 0 saturated heterocycles. The van der Waals surface area contributed by atoms with E-state index in [4.69, 9.17) is 4.74 Å². The van der Waals surface area contributed by atoms with Crippen LogP contribution in [0.5, 0.6) is 0 Å². The standard InChI is InChI=1S/C14H22N6O.HI/c1-15-14(16-8-5-11-21-2)17-9-7-13-19-18-12-6-3-4-10-20(12)13;/h3-4,6,10H,5,7-9,11H2,1-2H3,(H2,15,16,17);1H. The fourth-order valence-electron chi connectivity index (χ4n) is 2.00. The van der Waals surface area contributed by atoms with Crippen LogP contribution in [-0.2, 0) is 11.2 Å². The molecule has 0 atom stereocenters. The van der Waals surface area contributed by atoms with Gasteiger partial charge in [-0.25, -0.2) is 0 Å². The number of nitrogens with one attached hydrogen (secondary N) is 2. The third-order valence-corrected chi connectivity index (χ3v) is 3.07. The summed E-state index contributed by atoms with van der Waals surface area (Å²) in [5, 5.41) is 14.8. The molecule has 8 heteroatoms. The summed E-state index contributed by atoms with van der Waals surface area (Å²) in [7, 11) is 3.47. The van der Waals surface area contributed by atoms with Crippen LogP contribution in [0.4, 0.5) is 0 Å². The summed E-state index contributed by atoms with van der Waals surface area (Å²) >= 11 is 0. The van der Waals surface area contributed by atoms with Gasteiger partial charge in [-0.2, -0.15) is 0 Å². The Kier molecular flexibility index (Phi) is 8.75. The van der Waals surface area contributed by atoms with E-state index in [0.29, 0.717) is 0 Å². The van der Waals surface area contributed by atoms with E-state index in [1.165, 1.54) is 0 Å². The number of fused-ring (bicyclic) bond motifs is 1. The number of methoxy groups -OCH3 is 1. The van der Waals surface area contributed by atoms with Gasteiger partial charge >= 0.3 is 0 Å². The minimum Gasteiger partial charge on any atom is -0.385 e. The maximum absolute atomic E-state index is 5.01. The molecule has 0 unspecified atom stereocenters. The predicted molar refractivity (Wildman–Crippen MR) is 98.0 cm³/mol. The number of nitrogens with zero attached hydrogens (tertiary/aromatic N) is 4. The molecule has 0 amide bonds. The van der Waals surface area contributed by atoms with Crippen LogP contribution in [0.1, 0.15) is 12.2 Å². The number of hydrogen-bond acceptors (Lipinski definition) is 4. The molecule has 2 aromatic rings. The second-order valence-electron chi connectivity index (χ2n) is 4.57. The molecule has 0 fully saturated rings. The summed E-state index contributed by atoms with van der Waals surface area (Å²) in [5.41, 5.74) is 0.870. The third kappa shape index (κ3) is 5.41. The third-order valence-electron chi connectivity index (χ3n) is 3.07. The number of guanidine groups is 1. The zero-order valence-electron chi connectivity index (χ0n) is 13.0. The van der Waals surface area contributed by atoms with Gasteiger partial charge in [-0.1, -0.05) is 6.07 Å². The Hall–Kier alpha value is -1.42. The lowest BCUT2D eigenvalue weighted by Crippen LogP contribution is -2.39. The van der Waals surface area contributed by atoms with E-state index in [2.05, 4.69) is 25.8 Å². The van der Waals surface area contributed by atoms with Gasteiger partial charge in [0.1, 0.15) is 5.82 Å². The van der Waals surface area contributed by atoms with Crippen molar-refractivity contribution in [2.75, 3.05) is 33.9 Å².